The monoisotopic (exact) mass is 404 g/mol. The number of carbonyl (C=O) groups excluding carboxylic acids is 1. The Hall–Kier alpha value is -3.19. The van der Waals surface area contributed by atoms with Gasteiger partial charge >= 0.3 is 0 Å². The highest BCUT2D eigenvalue weighted by molar-refractivity contribution is 7.14. The summed E-state index contributed by atoms with van der Waals surface area (Å²) in [5, 5.41) is 5.50. The average Bonchev–Trinajstić information content (AvgIpc) is 3.46. The van der Waals surface area contributed by atoms with Crippen LogP contribution in [-0.4, -0.2) is 27.0 Å². The van der Waals surface area contributed by atoms with Gasteiger partial charge in [0.15, 0.2) is 5.13 Å². The molecular weight excluding hydrogens is 384 g/mol. The van der Waals surface area contributed by atoms with Gasteiger partial charge in [-0.05, 0) is 35.9 Å². The molecule has 1 aliphatic heterocycles. The second-order valence-electron chi connectivity index (χ2n) is 6.96. The number of benzene rings is 2. The topological polar surface area (TPSA) is 69.0 Å². The number of amides is 1. The zero-order valence-corrected chi connectivity index (χ0v) is 16.8. The Bertz CT molecular complexity index is 1210. The summed E-state index contributed by atoms with van der Waals surface area (Å²) in [7, 11) is 0. The van der Waals surface area contributed by atoms with Crippen molar-refractivity contribution in [3.05, 3.63) is 59.2 Å². The Labute approximate surface area is 172 Å². The second-order valence-corrected chi connectivity index (χ2v) is 7.82. The van der Waals surface area contributed by atoms with Crippen LogP contribution in [0.5, 0.6) is 5.75 Å². The van der Waals surface area contributed by atoms with Crippen molar-refractivity contribution in [1.29, 1.82) is 0 Å². The first-order chi connectivity index (χ1) is 14.2. The second kappa shape index (κ2) is 7.33. The molecule has 146 valence electrons. The summed E-state index contributed by atoms with van der Waals surface area (Å²) >= 11 is 1.43. The SMILES string of the molecule is CCc1nc2ccccc2n1CC(=O)Nc1nc(-c2ccc3c(c2)CCO3)cs1. The summed E-state index contributed by atoms with van der Waals surface area (Å²) in [6.07, 6.45) is 1.70. The lowest BCUT2D eigenvalue weighted by Gasteiger charge is -2.07. The van der Waals surface area contributed by atoms with E-state index in [9.17, 15) is 4.79 Å². The molecule has 29 heavy (non-hydrogen) atoms. The molecule has 0 unspecified atom stereocenters. The van der Waals surface area contributed by atoms with E-state index in [-0.39, 0.29) is 12.5 Å². The van der Waals surface area contributed by atoms with E-state index < -0.39 is 0 Å². The van der Waals surface area contributed by atoms with Crippen LogP contribution >= 0.6 is 11.3 Å². The average molecular weight is 404 g/mol. The van der Waals surface area contributed by atoms with Crippen LogP contribution in [0.15, 0.2) is 47.8 Å². The number of thiazole rings is 1. The third-order valence-electron chi connectivity index (χ3n) is 5.09. The first-order valence-corrected chi connectivity index (χ1v) is 10.5. The standard InChI is InChI=1S/C22H20N4O2S/c1-2-20-23-16-5-3-4-6-18(16)26(20)12-21(27)25-22-24-17(13-29-22)14-7-8-19-15(11-14)9-10-28-19/h3-8,11,13H,2,9-10,12H2,1H3,(H,24,25,27). The number of rotatable bonds is 5. The molecule has 2 aromatic heterocycles. The highest BCUT2D eigenvalue weighted by atomic mass is 32.1. The lowest BCUT2D eigenvalue weighted by atomic mass is 10.1. The largest absolute Gasteiger partial charge is 0.493 e. The summed E-state index contributed by atoms with van der Waals surface area (Å²) in [6.45, 7) is 3.00. The summed E-state index contributed by atoms with van der Waals surface area (Å²) in [5.41, 5.74) is 5.00. The Morgan fingerprint density at radius 3 is 3.03 bits per heavy atom. The number of carbonyl (C=O) groups is 1. The lowest BCUT2D eigenvalue weighted by molar-refractivity contribution is -0.116. The van der Waals surface area contributed by atoms with Crippen molar-refractivity contribution in [3.8, 4) is 17.0 Å². The highest BCUT2D eigenvalue weighted by Crippen LogP contribution is 2.32. The quantitative estimate of drug-likeness (QED) is 0.539. The van der Waals surface area contributed by atoms with E-state index in [0.717, 1.165) is 53.3 Å². The van der Waals surface area contributed by atoms with Gasteiger partial charge in [-0.15, -0.1) is 11.3 Å². The molecule has 7 heteroatoms. The van der Waals surface area contributed by atoms with Crippen LogP contribution in [0.3, 0.4) is 0 Å². The van der Waals surface area contributed by atoms with Crippen molar-refractivity contribution in [1.82, 2.24) is 14.5 Å². The molecule has 0 spiro atoms. The van der Waals surface area contributed by atoms with E-state index in [1.54, 1.807) is 0 Å². The van der Waals surface area contributed by atoms with Crippen molar-refractivity contribution in [2.45, 2.75) is 26.3 Å². The molecule has 1 N–H and O–H groups in total. The minimum atomic E-state index is -0.105. The number of ether oxygens (including phenoxy) is 1. The van der Waals surface area contributed by atoms with Gasteiger partial charge in [-0.3, -0.25) is 4.79 Å². The van der Waals surface area contributed by atoms with Gasteiger partial charge in [-0.1, -0.05) is 19.1 Å². The molecule has 0 bridgehead atoms. The molecule has 0 fully saturated rings. The Morgan fingerprint density at radius 1 is 1.24 bits per heavy atom. The molecular formula is C22H20N4O2S. The summed E-state index contributed by atoms with van der Waals surface area (Å²) in [5.74, 6) is 1.75. The van der Waals surface area contributed by atoms with Gasteiger partial charge in [0.05, 0.1) is 23.3 Å². The minimum absolute atomic E-state index is 0.105. The molecule has 0 aliphatic carbocycles. The molecule has 1 aliphatic rings. The summed E-state index contributed by atoms with van der Waals surface area (Å²) < 4.78 is 7.54. The molecule has 0 saturated heterocycles. The predicted molar refractivity (Wildman–Crippen MR) is 114 cm³/mol. The Balaban J connectivity index is 1.33. The molecule has 0 saturated carbocycles. The third-order valence-corrected chi connectivity index (χ3v) is 5.85. The molecule has 4 aromatic rings. The number of para-hydroxylation sites is 2. The molecule has 6 nitrogen and oxygen atoms in total. The van der Waals surface area contributed by atoms with Crippen LogP contribution in [0.1, 0.15) is 18.3 Å². The van der Waals surface area contributed by atoms with Gasteiger partial charge in [0, 0.05) is 23.8 Å². The maximum absolute atomic E-state index is 12.7. The van der Waals surface area contributed by atoms with E-state index in [2.05, 4.69) is 21.4 Å². The number of anilines is 1. The van der Waals surface area contributed by atoms with Crippen LogP contribution in [0.4, 0.5) is 5.13 Å². The first-order valence-electron chi connectivity index (χ1n) is 9.67. The molecule has 0 radical (unpaired) electrons. The zero-order valence-electron chi connectivity index (χ0n) is 16.0. The number of nitrogens with one attached hydrogen (secondary N) is 1. The number of aromatic nitrogens is 3. The van der Waals surface area contributed by atoms with Gasteiger partial charge in [0.25, 0.3) is 0 Å². The molecule has 2 aromatic carbocycles. The van der Waals surface area contributed by atoms with Gasteiger partial charge in [-0.2, -0.15) is 0 Å². The normalized spacial score (nSPS) is 12.7. The summed E-state index contributed by atoms with van der Waals surface area (Å²) in [4.78, 5) is 21.9. The van der Waals surface area contributed by atoms with Crippen molar-refractivity contribution in [2.75, 3.05) is 11.9 Å². The third kappa shape index (κ3) is 3.38. The maximum atomic E-state index is 12.7. The predicted octanol–water partition coefficient (Wildman–Crippen LogP) is 4.30. The van der Waals surface area contributed by atoms with Crippen LogP contribution in [-0.2, 0) is 24.2 Å². The fourth-order valence-corrected chi connectivity index (χ4v) is 4.42. The van der Waals surface area contributed by atoms with Crippen molar-refractivity contribution >= 4 is 33.4 Å². The van der Waals surface area contributed by atoms with Crippen LogP contribution in [0.2, 0.25) is 0 Å². The van der Waals surface area contributed by atoms with Crippen molar-refractivity contribution < 1.29 is 9.53 Å². The van der Waals surface area contributed by atoms with E-state index >= 15 is 0 Å². The highest BCUT2D eigenvalue weighted by Gasteiger charge is 2.16. The number of aryl methyl sites for hydroxylation is 1. The van der Waals surface area contributed by atoms with E-state index in [1.807, 2.05) is 53.3 Å². The maximum Gasteiger partial charge on any atom is 0.246 e. The van der Waals surface area contributed by atoms with Gasteiger partial charge in [0.1, 0.15) is 18.1 Å². The van der Waals surface area contributed by atoms with Gasteiger partial charge in [0.2, 0.25) is 5.91 Å². The summed E-state index contributed by atoms with van der Waals surface area (Å²) in [6, 6.07) is 14.0. The van der Waals surface area contributed by atoms with Crippen LogP contribution in [0.25, 0.3) is 22.3 Å². The molecule has 1 amide bonds. The van der Waals surface area contributed by atoms with Crippen molar-refractivity contribution in [2.24, 2.45) is 0 Å². The molecule has 0 atom stereocenters. The smallest absolute Gasteiger partial charge is 0.246 e. The number of nitrogens with zero attached hydrogens (tertiary/aromatic N) is 3. The van der Waals surface area contributed by atoms with Crippen molar-refractivity contribution in [3.63, 3.8) is 0 Å². The number of fused-ring (bicyclic) bond motifs is 2. The fraction of sp³-hybridized carbons (Fsp3) is 0.227. The zero-order chi connectivity index (χ0) is 19.8. The van der Waals surface area contributed by atoms with E-state index in [1.165, 1.54) is 16.9 Å². The number of imidazole rings is 1. The number of hydrogen-bond acceptors (Lipinski definition) is 5. The molecule has 3 heterocycles. The minimum Gasteiger partial charge on any atom is -0.493 e. The number of hydrogen-bond donors (Lipinski definition) is 1. The fourth-order valence-electron chi connectivity index (χ4n) is 3.68. The van der Waals surface area contributed by atoms with Crippen LogP contribution < -0.4 is 10.1 Å². The van der Waals surface area contributed by atoms with Gasteiger partial charge < -0.3 is 14.6 Å². The van der Waals surface area contributed by atoms with E-state index in [4.69, 9.17) is 4.74 Å². The first kappa shape index (κ1) is 17.9. The molecule has 5 rings (SSSR count). The lowest BCUT2D eigenvalue weighted by Crippen LogP contribution is -2.20. The van der Waals surface area contributed by atoms with Crippen LogP contribution in [0, 0.1) is 0 Å². The van der Waals surface area contributed by atoms with Gasteiger partial charge in [-0.25, -0.2) is 9.97 Å². The Morgan fingerprint density at radius 2 is 2.14 bits per heavy atom. The van der Waals surface area contributed by atoms with E-state index in [0.29, 0.717) is 5.13 Å². The Kier molecular flexibility index (Phi) is 4.52.